The molecule has 152 valence electrons. The highest BCUT2D eigenvalue weighted by atomic mass is 16.6. The smallest absolute Gasteiger partial charge is 0.0920 e. The van der Waals surface area contributed by atoms with Gasteiger partial charge in [-0.1, -0.05) is 31.1 Å². The van der Waals surface area contributed by atoms with Gasteiger partial charge in [-0.3, -0.25) is 0 Å². The fraction of sp³-hybridized carbons (Fsp3) is 0.833. The van der Waals surface area contributed by atoms with E-state index < -0.39 is 0 Å². The molecule has 6 aliphatic rings. The fourth-order valence-electron chi connectivity index (χ4n) is 5.12. The van der Waals surface area contributed by atoms with Gasteiger partial charge >= 0.3 is 0 Å². The third kappa shape index (κ3) is 5.05. The molecule has 6 fully saturated rings. The second-order valence-corrected chi connectivity index (χ2v) is 9.76. The molecule has 0 bridgehead atoms. The van der Waals surface area contributed by atoms with Gasteiger partial charge in [0.15, 0.2) is 0 Å². The van der Waals surface area contributed by atoms with Crippen LogP contribution in [0.25, 0.3) is 0 Å². The first kappa shape index (κ1) is 19.7. The number of allylic oxidation sites excluding steroid dienone is 2. The largest absolute Gasteiger partial charge is 0.370 e. The Bertz CT molecular complexity index is 548. The molecule has 3 nitrogen and oxygen atoms in total. The van der Waals surface area contributed by atoms with Gasteiger partial charge in [-0.25, -0.2) is 0 Å². The molecular weight excluding hydrogens is 336 g/mol. The summed E-state index contributed by atoms with van der Waals surface area (Å²) in [5, 5.41) is 0. The topological polar surface area (TPSA) is 37.6 Å². The second-order valence-electron chi connectivity index (χ2n) is 9.76. The molecule has 0 spiro atoms. The summed E-state index contributed by atoms with van der Waals surface area (Å²) in [4.78, 5) is 0. The minimum absolute atomic E-state index is 0.270. The van der Waals surface area contributed by atoms with Gasteiger partial charge in [0.2, 0.25) is 0 Å². The van der Waals surface area contributed by atoms with Crippen molar-refractivity contribution >= 4 is 0 Å². The molecule has 0 aromatic rings. The summed E-state index contributed by atoms with van der Waals surface area (Å²) in [5.41, 5.74) is 1.61. The van der Waals surface area contributed by atoms with E-state index in [0.29, 0.717) is 30.5 Å². The highest BCUT2D eigenvalue weighted by molar-refractivity contribution is 5.10. The Kier molecular flexibility index (Phi) is 5.83. The van der Waals surface area contributed by atoms with Crippen molar-refractivity contribution < 1.29 is 14.2 Å². The summed E-state index contributed by atoms with van der Waals surface area (Å²) in [6, 6.07) is 0. The van der Waals surface area contributed by atoms with Crippen LogP contribution < -0.4 is 0 Å². The molecule has 0 N–H and O–H groups in total. The van der Waals surface area contributed by atoms with E-state index in [-0.39, 0.29) is 5.60 Å². The number of rotatable bonds is 2. The molecule has 3 saturated carbocycles. The Labute approximate surface area is 165 Å². The first-order valence-electron chi connectivity index (χ1n) is 11.2. The lowest BCUT2D eigenvalue weighted by Crippen LogP contribution is -2.21. The van der Waals surface area contributed by atoms with E-state index in [1.165, 1.54) is 69.8 Å². The van der Waals surface area contributed by atoms with Crippen LogP contribution in [0, 0.1) is 11.8 Å². The van der Waals surface area contributed by atoms with Gasteiger partial charge in [0.25, 0.3) is 0 Å². The van der Waals surface area contributed by atoms with Crippen molar-refractivity contribution in [3.8, 4) is 0 Å². The molecule has 27 heavy (non-hydrogen) atoms. The molecule has 0 aromatic heterocycles. The Morgan fingerprint density at radius 1 is 0.926 bits per heavy atom. The van der Waals surface area contributed by atoms with E-state index in [0.717, 1.165) is 11.8 Å². The molecule has 8 unspecified atom stereocenters. The fourth-order valence-corrected chi connectivity index (χ4v) is 5.12. The average Bonchev–Trinajstić information content (AvgIpc) is 3.56. The molecule has 3 aliphatic carbocycles. The monoisotopic (exact) mass is 374 g/mol. The summed E-state index contributed by atoms with van der Waals surface area (Å²) >= 11 is 0. The van der Waals surface area contributed by atoms with E-state index in [9.17, 15) is 0 Å². The molecule has 3 heterocycles. The third-order valence-electron chi connectivity index (χ3n) is 7.51. The van der Waals surface area contributed by atoms with Gasteiger partial charge in [-0.2, -0.15) is 0 Å². The highest BCUT2D eigenvalue weighted by Crippen LogP contribution is 2.50. The molecule has 0 amide bonds. The first-order valence-corrected chi connectivity index (χ1v) is 11.2. The van der Waals surface area contributed by atoms with Gasteiger partial charge in [-0.05, 0) is 77.0 Å². The quantitative estimate of drug-likeness (QED) is 0.467. The van der Waals surface area contributed by atoms with Crippen LogP contribution in [0.1, 0.15) is 78.1 Å². The van der Waals surface area contributed by atoms with Crippen LogP contribution >= 0.6 is 0 Å². The van der Waals surface area contributed by atoms with Gasteiger partial charge in [0.1, 0.15) is 0 Å². The lowest BCUT2D eigenvalue weighted by Gasteiger charge is -2.22. The maximum atomic E-state index is 5.60. The standard InChI is InChI=1S/C10H16O.C8H12O.C6H10O/c1-7(2)8-4-5-10(3)9(6-8)11-10;1-2-6-3-4-7-8(5-6)9-7;1-2-4-6-5(3-1)7-6/h8-9H,1,4-6H2,2-3H3;2,6-8H,1,3-5H2;5-6H,1-4H2. The summed E-state index contributed by atoms with van der Waals surface area (Å²) in [6.45, 7) is 12.1. The van der Waals surface area contributed by atoms with Crippen LogP contribution in [0.2, 0.25) is 0 Å². The van der Waals surface area contributed by atoms with Crippen LogP contribution in [-0.2, 0) is 14.2 Å². The predicted octanol–water partition coefficient (Wildman–Crippen LogP) is 5.59. The first-order chi connectivity index (χ1) is 13.0. The van der Waals surface area contributed by atoms with Gasteiger partial charge in [-0.15, -0.1) is 6.58 Å². The van der Waals surface area contributed by atoms with Crippen molar-refractivity contribution in [1.29, 1.82) is 0 Å². The molecular formula is C24H38O3. The maximum absolute atomic E-state index is 5.60. The number of fused-ring (bicyclic) bond motifs is 3. The van der Waals surface area contributed by atoms with Crippen LogP contribution in [-0.4, -0.2) is 36.1 Å². The summed E-state index contributed by atoms with van der Waals surface area (Å²) in [7, 11) is 0. The number of ether oxygens (including phenoxy) is 3. The highest BCUT2D eigenvalue weighted by Gasteiger charge is 2.55. The predicted molar refractivity (Wildman–Crippen MR) is 109 cm³/mol. The molecule has 0 aromatic carbocycles. The molecule has 8 atom stereocenters. The van der Waals surface area contributed by atoms with Gasteiger partial charge < -0.3 is 14.2 Å². The lowest BCUT2D eigenvalue weighted by molar-refractivity contribution is 0.303. The zero-order valence-corrected chi connectivity index (χ0v) is 17.3. The minimum Gasteiger partial charge on any atom is -0.370 e. The lowest BCUT2D eigenvalue weighted by atomic mass is 9.80. The Hall–Kier alpha value is -0.640. The molecule has 3 heteroatoms. The number of hydrogen-bond donors (Lipinski definition) is 0. The van der Waals surface area contributed by atoms with Crippen molar-refractivity contribution in [3.05, 3.63) is 24.8 Å². The van der Waals surface area contributed by atoms with E-state index in [1.54, 1.807) is 0 Å². The molecule has 3 saturated heterocycles. The van der Waals surface area contributed by atoms with Crippen molar-refractivity contribution in [1.82, 2.24) is 0 Å². The number of hydrogen-bond acceptors (Lipinski definition) is 3. The van der Waals surface area contributed by atoms with Gasteiger partial charge in [0, 0.05) is 0 Å². The Morgan fingerprint density at radius 3 is 2.15 bits per heavy atom. The average molecular weight is 375 g/mol. The van der Waals surface area contributed by atoms with E-state index in [4.69, 9.17) is 14.2 Å². The zero-order chi connectivity index (χ0) is 19.0. The summed E-state index contributed by atoms with van der Waals surface area (Å²) in [5.74, 6) is 1.48. The van der Waals surface area contributed by atoms with Gasteiger partial charge in [0.05, 0.1) is 36.1 Å². The van der Waals surface area contributed by atoms with Crippen molar-refractivity contribution in [2.45, 2.75) is 114 Å². The second kappa shape index (κ2) is 8.00. The third-order valence-corrected chi connectivity index (χ3v) is 7.51. The van der Waals surface area contributed by atoms with Crippen molar-refractivity contribution in [2.75, 3.05) is 0 Å². The SMILES string of the molecule is C1CCC2OC2C1.C=C(C)C1CCC2(C)OC2C1.C=CC1CCC2OC2C1. The number of epoxide rings is 3. The van der Waals surface area contributed by atoms with Crippen LogP contribution in [0.5, 0.6) is 0 Å². The summed E-state index contributed by atoms with van der Waals surface area (Å²) in [6.07, 6.45) is 18.3. The van der Waals surface area contributed by atoms with Crippen LogP contribution in [0.15, 0.2) is 24.8 Å². The maximum Gasteiger partial charge on any atom is 0.0920 e. The van der Waals surface area contributed by atoms with E-state index in [1.807, 2.05) is 0 Å². The minimum atomic E-state index is 0.270. The van der Waals surface area contributed by atoms with Crippen LogP contribution in [0.3, 0.4) is 0 Å². The van der Waals surface area contributed by atoms with E-state index in [2.05, 4.69) is 33.1 Å². The molecule has 0 radical (unpaired) electrons. The van der Waals surface area contributed by atoms with Crippen molar-refractivity contribution in [2.24, 2.45) is 11.8 Å². The molecule has 3 aliphatic heterocycles. The van der Waals surface area contributed by atoms with E-state index >= 15 is 0 Å². The van der Waals surface area contributed by atoms with Crippen LogP contribution in [0.4, 0.5) is 0 Å². The summed E-state index contributed by atoms with van der Waals surface area (Å²) < 4.78 is 16.2. The Balaban J connectivity index is 0.000000102. The Morgan fingerprint density at radius 2 is 1.59 bits per heavy atom. The zero-order valence-electron chi connectivity index (χ0n) is 17.3. The van der Waals surface area contributed by atoms with Crippen molar-refractivity contribution in [3.63, 3.8) is 0 Å². The normalized spacial score (nSPS) is 48.0. The molecule has 6 rings (SSSR count).